The third-order valence-electron chi connectivity index (χ3n) is 5.90. The van der Waals surface area contributed by atoms with Crippen molar-refractivity contribution in [2.24, 2.45) is 5.92 Å². The highest BCUT2D eigenvalue weighted by molar-refractivity contribution is 5.31. The first-order chi connectivity index (χ1) is 14.7. The van der Waals surface area contributed by atoms with E-state index in [4.69, 9.17) is 4.74 Å². The molecule has 0 spiro atoms. The van der Waals surface area contributed by atoms with Gasteiger partial charge in [0.25, 0.3) is 0 Å². The van der Waals surface area contributed by atoms with E-state index in [2.05, 4.69) is 105 Å². The fraction of sp³-hybridized carbons (Fsp3) is 0.357. The van der Waals surface area contributed by atoms with Crippen LogP contribution in [0.25, 0.3) is 0 Å². The largest absolute Gasteiger partial charge is 0.489 e. The standard InChI is InChI=1S/C28H35NO/c1-4-28(23(3)20-29(5-2)21-24-13-8-6-9-14-24)26-17-12-18-27(19-26)30-22-25-15-10-7-11-16-25/h6-19,23,28H,4-5,20-22H2,1-3H3. The van der Waals surface area contributed by atoms with Gasteiger partial charge in [-0.3, -0.25) is 4.90 Å². The zero-order valence-electron chi connectivity index (χ0n) is 18.6. The van der Waals surface area contributed by atoms with Gasteiger partial charge in [0.05, 0.1) is 0 Å². The molecular weight excluding hydrogens is 366 g/mol. The second kappa shape index (κ2) is 11.6. The quantitative estimate of drug-likeness (QED) is 0.346. The van der Waals surface area contributed by atoms with Crippen molar-refractivity contribution in [3.8, 4) is 5.75 Å². The first-order valence-corrected chi connectivity index (χ1v) is 11.2. The molecule has 0 aliphatic carbocycles. The summed E-state index contributed by atoms with van der Waals surface area (Å²) in [6.07, 6.45) is 1.13. The van der Waals surface area contributed by atoms with Crippen LogP contribution in [-0.2, 0) is 13.2 Å². The van der Waals surface area contributed by atoms with Crippen molar-refractivity contribution in [2.75, 3.05) is 13.1 Å². The lowest BCUT2D eigenvalue weighted by molar-refractivity contribution is 0.221. The molecule has 0 amide bonds. The summed E-state index contributed by atoms with van der Waals surface area (Å²) in [6.45, 7) is 10.7. The Labute approximate surface area is 182 Å². The van der Waals surface area contributed by atoms with Crippen LogP contribution in [0.1, 0.15) is 49.8 Å². The lowest BCUT2D eigenvalue weighted by Crippen LogP contribution is -2.30. The maximum atomic E-state index is 6.08. The first-order valence-electron chi connectivity index (χ1n) is 11.2. The molecule has 2 nitrogen and oxygen atoms in total. The monoisotopic (exact) mass is 401 g/mol. The fourth-order valence-corrected chi connectivity index (χ4v) is 4.22. The van der Waals surface area contributed by atoms with Crippen molar-refractivity contribution in [2.45, 2.75) is 46.3 Å². The van der Waals surface area contributed by atoms with Gasteiger partial charge in [-0.1, -0.05) is 93.6 Å². The van der Waals surface area contributed by atoms with Gasteiger partial charge in [0.2, 0.25) is 0 Å². The number of rotatable bonds is 11. The van der Waals surface area contributed by atoms with Crippen molar-refractivity contribution in [1.29, 1.82) is 0 Å². The van der Waals surface area contributed by atoms with Gasteiger partial charge < -0.3 is 4.74 Å². The van der Waals surface area contributed by atoms with Crippen molar-refractivity contribution in [3.05, 3.63) is 102 Å². The Morgan fingerprint density at radius 2 is 1.47 bits per heavy atom. The van der Waals surface area contributed by atoms with E-state index in [9.17, 15) is 0 Å². The second-order valence-corrected chi connectivity index (χ2v) is 8.15. The molecule has 0 saturated heterocycles. The summed E-state index contributed by atoms with van der Waals surface area (Å²) in [5.74, 6) is 2.05. The molecule has 0 N–H and O–H groups in total. The highest BCUT2D eigenvalue weighted by Crippen LogP contribution is 2.31. The van der Waals surface area contributed by atoms with Crippen molar-refractivity contribution >= 4 is 0 Å². The van der Waals surface area contributed by atoms with Gasteiger partial charge in [0.15, 0.2) is 0 Å². The summed E-state index contributed by atoms with van der Waals surface area (Å²) in [4.78, 5) is 2.55. The van der Waals surface area contributed by atoms with E-state index in [1.165, 1.54) is 16.7 Å². The molecule has 0 aliphatic rings. The van der Waals surface area contributed by atoms with Crippen LogP contribution in [0.15, 0.2) is 84.9 Å². The Morgan fingerprint density at radius 1 is 0.800 bits per heavy atom. The van der Waals surface area contributed by atoms with Crippen LogP contribution >= 0.6 is 0 Å². The minimum Gasteiger partial charge on any atom is -0.489 e. The summed E-state index contributed by atoms with van der Waals surface area (Å²) in [7, 11) is 0. The molecule has 0 aromatic heterocycles. The van der Waals surface area contributed by atoms with Crippen LogP contribution < -0.4 is 4.74 Å². The molecule has 3 aromatic rings. The van der Waals surface area contributed by atoms with E-state index in [1.807, 2.05) is 6.07 Å². The minimum atomic E-state index is 0.523. The van der Waals surface area contributed by atoms with Gasteiger partial charge in [-0.2, -0.15) is 0 Å². The Balaban J connectivity index is 1.63. The summed E-state index contributed by atoms with van der Waals surface area (Å²) in [5.41, 5.74) is 3.96. The van der Waals surface area contributed by atoms with Gasteiger partial charge in [-0.25, -0.2) is 0 Å². The summed E-state index contributed by atoms with van der Waals surface area (Å²) >= 11 is 0. The smallest absolute Gasteiger partial charge is 0.120 e. The van der Waals surface area contributed by atoms with Gasteiger partial charge in [0, 0.05) is 13.1 Å². The average Bonchev–Trinajstić information content (AvgIpc) is 2.79. The third kappa shape index (κ3) is 6.47. The SMILES string of the molecule is CCC(c1cccc(OCc2ccccc2)c1)C(C)CN(CC)Cc1ccccc1. The van der Waals surface area contributed by atoms with Crippen molar-refractivity contribution in [3.63, 3.8) is 0 Å². The maximum absolute atomic E-state index is 6.08. The van der Waals surface area contributed by atoms with E-state index in [-0.39, 0.29) is 0 Å². The number of nitrogens with zero attached hydrogens (tertiary/aromatic N) is 1. The molecule has 2 heteroatoms. The fourth-order valence-electron chi connectivity index (χ4n) is 4.22. The zero-order chi connectivity index (χ0) is 21.2. The Hall–Kier alpha value is -2.58. The second-order valence-electron chi connectivity index (χ2n) is 8.15. The summed E-state index contributed by atoms with van der Waals surface area (Å²) in [6, 6.07) is 29.8. The van der Waals surface area contributed by atoms with Gasteiger partial charge in [0.1, 0.15) is 12.4 Å². The predicted molar refractivity (Wildman–Crippen MR) is 127 cm³/mol. The van der Waals surface area contributed by atoms with E-state index >= 15 is 0 Å². The summed E-state index contributed by atoms with van der Waals surface area (Å²) in [5, 5.41) is 0. The molecule has 0 heterocycles. The molecule has 2 atom stereocenters. The first kappa shape index (κ1) is 22.1. The lowest BCUT2D eigenvalue weighted by Gasteiger charge is -2.30. The molecule has 30 heavy (non-hydrogen) atoms. The highest BCUT2D eigenvalue weighted by Gasteiger charge is 2.20. The summed E-state index contributed by atoms with van der Waals surface area (Å²) < 4.78 is 6.08. The molecule has 0 aliphatic heterocycles. The predicted octanol–water partition coefficient (Wildman–Crippen LogP) is 6.92. The third-order valence-corrected chi connectivity index (χ3v) is 5.90. The molecule has 0 bridgehead atoms. The number of benzene rings is 3. The molecule has 0 saturated carbocycles. The minimum absolute atomic E-state index is 0.523. The maximum Gasteiger partial charge on any atom is 0.120 e. The Kier molecular flexibility index (Phi) is 8.53. The highest BCUT2D eigenvalue weighted by atomic mass is 16.5. The normalized spacial score (nSPS) is 13.2. The van der Waals surface area contributed by atoms with Crippen LogP contribution in [0.2, 0.25) is 0 Å². The van der Waals surface area contributed by atoms with Crippen molar-refractivity contribution in [1.82, 2.24) is 4.90 Å². The molecule has 2 unspecified atom stereocenters. The van der Waals surface area contributed by atoms with Gasteiger partial charge in [-0.15, -0.1) is 0 Å². The van der Waals surface area contributed by atoms with Crippen LogP contribution in [0.5, 0.6) is 5.75 Å². The van der Waals surface area contributed by atoms with Crippen LogP contribution in [0.4, 0.5) is 0 Å². The zero-order valence-corrected chi connectivity index (χ0v) is 18.6. The van der Waals surface area contributed by atoms with Crippen LogP contribution in [0, 0.1) is 5.92 Å². The van der Waals surface area contributed by atoms with E-state index < -0.39 is 0 Å². The number of hydrogen-bond acceptors (Lipinski definition) is 2. The molecule has 3 rings (SSSR count). The van der Waals surface area contributed by atoms with Crippen molar-refractivity contribution < 1.29 is 4.74 Å². The number of hydrogen-bond donors (Lipinski definition) is 0. The average molecular weight is 402 g/mol. The van der Waals surface area contributed by atoms with E-state index in [0.717, 1.165) is 31.8 Å². The molecule has 3 aromatic carbocycles. The topological polar surface area (TPSA) is 12.5 Å². The molecular formula is C28H35NO. The van der Waals surface area contributed by atoms with Crippen LogP contribution in [0.3, 0.4) is 0 Å². The van der Waals surface area contributed by atoms with E-state index in [1.54, 1.807) is 0 Å². The van der Waals surface area contributed by atoms with E-state index in [0.29, 0.717) is 18.4 Å². The Morgan fingerprint density at radius 3 is 2.10 bits per heavy atom. The molecule has 0 fully saturated rings. The number of ether oxygens (including phenoxy) is 1. The lowest BCUT2D eigenvalue weighted by atomic mass is 9.84. The van der Waals surface area contributed by atoms with Gasteiger partial charge in [-0.05, 0) is 53.6 Å². The molecule has 0 radical (unpaired) electrons. The molecule has 158 valence electrons. The Bertz CT molecular complexity index is 862. The van der Waals surface area contributed by atoms with Crippen LogP contribution in [-0.4, -0.2) is 18.0 Å². The van der Waals surface area contributed by atoms with Gasteiger partial charge >= 0.3 is 0 Å².